The van der Waals surface area contributed by atoms with E-state index in [0.717, 1.165) is 17.8 Å². The third-order valence-corrected chi connectivity index (χ3v) is 8.09. The fraction of sp³-hybridized carbons (Fsp3) is 0.417. The molecule has 0 bridgehead atoms. The maximum Gasteiger partial charge on any atom is 0.246 e. The Morgan fingerprint density at radius 1 is 1.06 bits per heavy atom. The van der Waals surface area contributed by atoms with Gasteiger partial charge in [-0.1, -0.05) is 12.1 Å². The largest absolute Gasteiger partial charge is 0.379 e. The van der Waals surface area contributed by atoms with Gasteiger partial charge < -0.3 is 20.3 Å². The van der Waals surface area contributed by atoms with Gasteiger partial charge in [0.05, 0.1) is 18.1 Å². The van der Waals surface area contributed by atoms with Crippen LogP contribution in [0.15, 0.2) is 47.4 Å². The van der Waals surface area contributed by atoms with Crippen molar-refractivity contribution in [3.05, 3.63) is 48.0 Å². The number of benzene rings is 2. The van der Waals surface area contributed by atoms with Crippen molar-refractivity contribution in [1.82, 2.24) is 4.31 Å². The summed E-state index contributed by atoms with van der Waals surface area (Å²) in [7, 11) is -3.68. The molecule has 0 unspecified atom stereocenters. The molecule has 9 nitrogen and oxygen atoms in total. The molecule has 2 N–H and O–H groups in total. The van der Waals surface area contributed by atoms with E-state index in [-0.39, 0.29) is 16.7 Å². The number of morpholine rings is 1. The molecule has 0 radical (unpaired) electrons. The highest BCUT2D eigenvalue weighted by Gasteiger charge is 2.28. The highest BCUT2D eigenvalue weighted by Crippen LogP contribution is 2.26. The van der Waals surface area contributed by atoms with Crippen LogP contribution in [0.25, 0.3) is 0 Å². The number of anilines is 3. The van der Waals surface area contributed by atoms with Crippen LogP contribution < -0.4 is 15.5 Å². The lowest BCUT2D eigenvalue weighted by atomic mass is 10.2. The number of nitrogens with zero attached hydrogens (tertiary/aromatic N) is 2. The van der Waals surface area contributed by atoms with E-state index in [1.165, 1.54) is 10.4 Å². The van der Waals surface area contributed by atoms with Crippen molar-refractivity contribution < 1.29 is 22.7 Å². The second kappa shape index (κ2) is 10.1. The monoisotopic (exact) mass is 486 g/mol. The molecule has 0 aromatic heterocycles. The quantitative estimate of drug-likeness (QED) is 0.623. The summed E-state index contributed by atoms with van der Waals surface area (Å²) in [5.41, 5.74) is 2.55. The molecule has 2 saturated heterocycles. The second-order valence-electron chi connectivity index (χ2n) is 8.55. The molecular formula is C24H30N4O5S. The highest BCUT2D eigenvalue weighted by atomic mass is 32.2. The SMILES string of the molecule is Cc1ccc(NC(=O)[C@H](C)Nc2cccc(N3CCCC3=O)c2)cc1S(=O)(=O)N1CCOCC1. The van der Waals surface area contributed by atoms with Crippen molar-refractivity contribution in [3.8, 4) is 0 Å². The summed E-state index contributed by atoms with van der Waals surface area (Å²) >= 11 is 0. The molecular weight excluding hydrogens is 456 g/mol. The predicted octanol–water partition coefficient (Wildman–Crippen LogP) is 2.58. The first kappa shape index (κ1) is 24.2. The Balaban J connectivity index is 1.44. The van der Waals surface area contributed by atoms with Crippen LogP contribution in [-0.2, 0) is 24.3 Å². The number of aryl methyl sites for hydroxylation is 1. The molecule has 4 rings (SSSR count). The smallest absolute Gasteiger partial charge is 0.246 e. The standard InChI is InChI=1S/C24H30N4O5S/c1-17-8-9-20(16-22(17)34(31,32)27-11-13-33-14-12-27)26-24(30)18(2)25-19-5-3-6-21(15-19)28-10-4-7-23(28)29/h3,5-6,8-9,15-16,18,25H,4,7,10-14H2,1-2H3,(H,26,30)/t18-/m0/s1. The van der Waals surface area contributed by atoms with Gasteiger partial charge in [0.1, 0.15) is 6.04 Å². The number of nitrogens with one attached hydrogen (secondary N) is 2. The van der Waals surface area contributed by atoms with E-state index in [9.17, 15) is 18.0 Å². The molecule has 0 spiro atoms. The Morgan fingerprint density at radius 3 is 2.53 bits per heavy atom. The molecule has 2 aromatic carbocycles. The van der Waals surface area contributed by atoms with Crippen molar-refractivity contribution in [1.29, 1.82) is 0 Å². The van der Waals surface area contributed by atoms with E-state index in [1.807, 2.05) is 24.3 Å². The van der Waals surface area contributed by atoms with Crippen LogP contribution in [0.1, 0.15) is 25.3 Å². The van der Waals surface area contributed by atoms with Gasteiger partial charge in [0.15, 0.2) is 0 Å². The van der Waals surface area contributed by atoms with Crippen LogP contribution in [0.5, 0.6) is 0 Å². The zero-order valence-electron chi connectivity index (χ0n) is 19.4. The maximum absolute atomic E-state index is 13.1. The van der Waals surface area contributed by atoms with Gasteiger partial charge >= 0.3 is 0 Å². The number of carbonyl (C=O) groups excluding carboxylic acids is 2. The number of rotatable bonds is 7. The molecule has 1 atom stereocenters. The topological polar surface area (TPSA) is 108 Å². The summed E-state index contributed by atoms with van der Waals surface area (Å²) in [6, 6.07) is 11.7. The van der Waals surface area contributed by atoms with Gasteiger partial charge in [-0.05, 0) is 56.2 Å². The minimum Gasteiger partial charge on any atom is -0.379 e. The first-order chi connectivity index (χ1) is 16.3. The van der Waals surface area contributed by atoms with Crippen molar-refractivity contribution in [2.45, 2.75) is 37.6 Å². The summed E-state index contributed by atoms with van der Waals surface area (Å²) in [4.78, 5) is 26.8. The first-order valence-electron chi connectivity index (χ1n) is 11.4. The van der Waals surface area contributed by atoms with Gasteiger partial charge in [-0.2, -0.15) is 4.31 Å². The van der Waals surface area contributed by atoms with Gasteiger partial charge in [-0.25, -0.2) is 8.42 Å². The third kappa shape index (κ3) is 5.24. The molecule has 34 heavy (non-hydrogen) atoms. The molecule has 182 valence electrons. The van der Waals surface area contributed by atoms with Gasteiger partial charge in [0.25, 0.3) is 0 Å². The Hall–Kier alpha value is -2.95. The summed E-state index contributed by atoms with van der Waals surface area (Å²) < 4.78 is 32.9. The molecule has 0 saturated carbocycles. The van der Waals surface area contributed by atoms with E-state index < -0.39 is 16.1 Å². The van der Waals surface area contributed by atoms with E-state index in [0.29, 0.717) is 50.5 Å². The van der Waals surface area contributed by atoms with Gasteiger partial charge in [0.2, 0.25) is 21.8 Å². The van der Waals surface area contributed by atoms with Crippen LogP contribution in [0.4, 0.5) is 17.1 Å². The number of sulfonamides is 1. The van der Waals surface area contributed by atoms with E-state index in [2.05, 4.69) is 10.6 Å². The molecule has 2 heterocycles. The van der Waals surface area contributed by atoms with Crippen LogP contribution in [0, 0.1) is 6.92 Å². The van der Waals surface area contributed by atoms with E-state index >= 15 is 0 Å². The van der Waals surface area contributed by atoms with Crippen molar-refractivity contribution >= 4 is 38.9 Å². The van der Waals surface area contributed by atoms with E-state index in [1.54, 1.807) is 30.9 Å². The van der Waals surface area contributed by atoms with Crippen LogP contribution in [0.2, 0.25) is 0 Å². The van der Waals surface area contributed by atoms with Crippen molar-refractivity contribution in [2.75, 3.05) is 48.4 Å². The van der Waals surface area contributed by atoms with Gasteiger partial charge in [-0.3, -0.25) is 9.59 Å². The number of hydrogen-bond acceptors (Lipinski definition) is 6. The number of amides is 2. The molecule has 2 amide bonds. The summed E-state index contributed by atoms with van der Waals surface area (Å²) in [6.45, 7) is 5.50. The summed E-state index contributed by atoms with van der Waals surface area (Å²) in [5, 5.41) is 5.97. The number of ether oxygens (including phenoxy) is 1. The van der Waals surface area contributed by atoms with Gasteiger partial charge in [-0.15, -0.1) is 0 Å². The third-order valence-electron chi connectivity index (χ3n) is 6.05. The molecule has 2 fully saturated rings. The van der Waals surface area contributed by atoms with Crippen LogP contribution in [0.3, 0.4) is 0 Å². The van der Waals surface area contributed by atoms with Crippen LogP contribution >= 0.6 is 0 Å². The average molecular weight is 487 g/mol. The molecule has 2 aliphatic heterocycles. The maximum atomic E-state index is 13.1. The normalized spacial score (nSPS) is 18.1. The minimum atomic E-state index is -3.68. The molecule has 2 aromatic rings. The number of hydrogen-bond donors (Lipinski definition) is 2. The fourth-order valence-electron chi connectivity index (χ4n) is 4.13. The van der Waals surface area contributed by atoms with Crippen molar-refractivity contribution in [2.24, 2.45) is 0 Å². The lowest BCUT2D eigenvalue weighted by molar-refractivity contribution is -0.117. The second-order valence-corrected chi connectivity index (χ2v) is 10.5. The zero-order valence-corrected chi connectivity index (χ0v) is 20.2. The van der Waals surface area contributed by atoms with Crippen molar-refractivity contribution in [3.63, 3.8) is 0 Å². The summed E-state index contributed by atoms with van der Waals surface area (Å²) in [5.74, 6) is -0.202. The highest BCUT2D eigenvalue weighted by molar-refractivity contribution is 7.89. The van der Waals surface area contributed by atoms with Gasteiger partial charge in [0, 0.05) is 43.1 Å². The minimum absolute atomic E-state index is 0.102. The fourth-order valence-corrected chi connectivity index (χ4v) is 5.79. The number of carbonyl (C=O) groups is 2. The van der Waals surface area contributed by atoms with E-state index in [4.69, 9.17) is 4.74 Å². The first-order valence-corrected chi connectivity index (χ1v) is 12.9. The zero-order chi connectivity index (χ0) is 24.3. The lowest BCUT2D eigenvalue weighted by Crippen LogP contribution is -2.40. The average Bonchev–Trinajstić information content (AvgIpc) is 3.26. The Labute approximate surface area is 200 Å². The Morgan fingerprint density at radius 2 is 1.82 bits per heavy atom. The summed E-state index contributed by atoms with van der Waals surface area (Å²) in [6.07, 6.45) is 1.39. The lowest BCUT2D eigenvalue weighted by Gasteiger charge is -2.27. The molecule has 2 aliphatic rings. The molecule has 10 heteroatoms. The Kier molecular flexibility index (Phi) is 7.20. The Bertz CT molecular complexity index is 1180. The molecule has 0 aliphatic carbocycles. The van der Waals surface area contributed by atoms with Crippen LogP contribution in [-0.4, -0.2) is 63.4 Å². The predicted molar refractivity (Wildman–Crippen MR) is 131 cm³/mol.